The molecule has 1 aliphatic rings. The summed E-state index contributed by atoms with van der Waals surface area (Å²) >= 11 is 1.70. The van der Waals surface area contributed by atoms with Gasteiger partial charge in [-0.25, -0.2) is 0 Å². The summed E-state index contributed by atoms with van der Waals surface area (Å²) in [5.41, 5.74) is 0. The third kappa shape index (κ3) is 2.44. The number of ether oxygens (including phenoxy) is 1. The highest BCUT2D eigenvalue weighted by Crippen LogP contribution is 2.32. The van der Waals surface area contributed by atoms with Crippen LogP contribution in [-0.2, 0) is 9.53 Å². The first kappa shape index (κ1) is 11.6. The molecule has 3 nitrogen and oxygen atoms in total. The highest BCUT2D eigenvalue weighted by Gasteiger charge is 2.33. The fourth-order valence-electron chi connectivity index (χ4n) is 2.16. The molecule has 1 fully saturated rings. The minimum absolute atomic E-state index is 0.0210. The van der Waals surface area contributed by atoms with Crippen molar-refractivity contribution in [2.75, 3.05) is 13.2 Å². The van der Waals surface area contributed by atoms with Crippen LogP contribution in [0.3, 0.4) is 0 Å². The largest absolute Gasteiger partial charge is 0.466 e. The Kier molecular flexibility index (Phi) is 3.96. The zero-order valence-corrected chi connectivity index (χ0v) is 10.3. The van der Waals surface area contributed by atoms with E-state index in [1.807, 2.05) is 18.4 Å². The first-order chi connectivity index (χ1) is 7.83. The third-order valence-corrected chi connectivity index (χ3v) is 3.85. The van der Waals surface area contributed by atoms with Gasteiger partial charge in [0.2, 0.25) is 0 Å². The first-order valence-electron chi connectivity index (χ1n) is 5.76. The van der Waals surface area contributed by atoms with E-state index in [0.29, 0.717) is 6.61 Å². The van der Waals surface area contributed by atoms with Crippen molar-refractivity contribution in [2.24, 2.45) is 5.92 Å². The molecule has 0 aromatic carbocycles. The SMILES string of the molecule is CCOC(=O)C1CCCNC1c1cccs1. The lowest BCUT2D eigenvalue weighted by Crippen LogP contribution is -2.38. The van der Waals surface area contributed by atoms with Crippen LogP contribution in [0.25, 0.3) is 0 Å². The number of thiophene rings is 1. The van der Waals surface area contributed by atoms with Crippen molar-refractivity contribution in [3.63, 3.8) is 0 Å². The van der Waals surface area contributed by atoms with Crippen molar-refractivity contribution in [3.8, 4) is 0 Å². The zero-order valence-electron chi connectivity index (χ0n) is 9.44. The van der Waals surface area contributed by atoms with Crippen molar-refractivity contribution in [1.29, 1.82) is 0 Å². The number of hydrogen-bond donors (Lipinski definition) is 1. The number of rotatable bonds is 3. The summed E-state index contributed by atoms with van der Waals surface area (Å²) in [7, 11) is 0. The number of esters is 1. The second-order valence-corrected chi connectivity index (χ2v) is 4.93. The van der Waals surface area contributed by atoms with Gasteiger partial charge in [-0.1, -0.05) is 6.07 Å². The van der Waals surface area contributed by atoms with Crippen molar-refractivity contribution in [1.82, 2.24) is 5.32 Å². The van der Waals surface area contributed by atoms with E-state index in [-0.39, 0.29) is 17.9 Å². The van der Waals surface area contributed by atoms with E-state index in [1.165, 1.54) is 4.88 Å². The topological polar surface area (TPSA) is 38.3 Å². The lowest BCUT2D eigenvalue weighted by Gasteiger charge is -2.30. The van der Waals surface area contributed by atoms with Crippen LogP contribution in [0.4, 0.5) is 0 Å². The minimum atomic E-state index is -0.0619. The summed E-state index contributed by atoms with van der Waals surface area (Å²) < 4.78 is 5.14. The second kappa shape index (κ2) is 5.46. The Morgan fingerprint density at radius 2 is 2.56 bits per heavy atom. The van der Waals surface area contributed by atoms with Gasteiger partial charge < -0.3 is 10.1 Å². The smallest absolute Gasteiger partial charge is 0.310 e. The van der Waals surface area contributed by atoms with Gasteiger partial charge in [0.25, 0.3) is 0 Å². The molecule has 0 spiro atoms. The number of piperidine rings is 1. The van der Waals surface area contributed by atoms with Crippen LogP contribution in [0.15, 0.2) is 17.5 Å². The van der Waals surface area contributed by atoms with Crippen molar-refractivity contribution >= 4 is 17.3 Å². The maximum absolute atomic E-state index is 11.8. The Hall–Kier alpha value is -0.870. The fraction of sp³-hybridized carbons (Fsp3) is 0.583. The molecule has 2 rings (SSSR count). The second-order valence-electron chi connectivity index (χ2n) is 3.95. The van der Waals surface area contributed by atoms with E-state index >= 15 is 0 Å². The molecule has 1 saturated heterocycles. The van der Waals surface area contributed by atoms with Gasteiger partial charge in [0.05, 0.1) is 18.6 Å². The molecule has 2 heterocycles. The molecule has 1 aromatic rings. The molecular formula is C12H17NO2S. The number of nitrogens with one attached hydrogen (secondary N) is 1. The van der Waals surface area contributed by atoms with Crippen LogP contribution in [0.2, 0.25) is 0 Å². The Morgan fingerprint density at radius 1 is 1.69 bits per heavy atom. The van der Waals surface area contributed by atoms with Gasteiger partial charge >= 0.3 is 5.97 Å². The van der Waals surface area contributed by atoms with Crippen molar-refractivity contribution in [3.05, 3.63) is 22.4 Å². The lowest BCUT2D eigenvalue weighted by molar-refractivity contribution is -0.150. The van der Waals surface area contributed by atoms with Crippen molar-refractivity contribution in [2.45, 2.75) is 25.8 Å². The molecule has 0 saturated carbocycles. The quantitative estimate of drug-likeness (QED) is 0.823. The summed E-state index contributed by atoms with van der Waals surface area (Å²) in [6, 6.07) is 4.26. The number of carbonyl (C=O) groups excluding carboxylic acids is 1. The Labute approximate surface area is 99.8 Å². The van der Waals surface area contributed by atoms with E-state index in [4.69, 9.17) is 4.74 Å². The molecule has 88 valence electrons. The molecule has 4 heteroatoms. The molecule has 16 heavy (non-hydrogen) atoms. The van der Waals surface area contributed by atoms with Gasteiger partial charge in [0, 0.05) is 4.88 Å². The van der Waals surface area contributed by atoms with Gasteiger partial charge in [-0.05, 0) is 37.8 Å². The first-order valence-corrected chi connectivity index (χ1v) is 6.64. The van der Waals surface area contributed by atoms with Gasteiger partial charge in [0.1, 0.15) is 0 Å². The van der Waals surface area contributed by atoms with Gasteiger partial charge in [-0.3, -0.25) is 4.79 Å². The molecule has 1 aromatic heterocycles. The van der Waals surface area contributed by atoms with Gasteiger partial charge in [-0.15, -0.1) is 11.3 Å². The van der Waals surface area contributed by atoms with Crippen LogP contribution >= 0.6 is 11.3 Å². The highest BCUT2D eigenvalue weighted by atomic mass is 32.1. The van der Waals surface area contributed by atoms with Crippen LogP contribution in [0, 0.1) is 5.92 Å². The molecule has 1 N–H and O–H groups in total. The maximum atomic E-state index is 11.8. The Bertz CT molecular complexity index is 337. The van der Waals surface area contributed by atoms with Crippen LogP contribution in [-0.4, -0.2) is 19.1 Å². The van der Waals surface area contributed by atoms with E-state index in [9.17, 15) is 4.79 Å². The van der Waals surface area contributed by atoms with E-state index in [1.54, 1.807) is 11.3 Å². The molecule has 0 radical (unpaired) electrons. The summed E-state index contributed by atoms with van der Waals surface area (Å²) in [6.45, 7) is 3.30. The van der Waals surface area contributed by atoms with Crippen LogP contribution in [0.1, 0.15) is 30.7 Å². The van der Waals surface area contributed by atoms with E-state index in [0.717, 1.165) is 19.4 Å². The van der Waals surface area contributed by atoms with E-state index < -0.39 is 0 Å². The molecule has 1 aliphatic heterocycles. The maximum Gasteiger partial charge on any atom is 0.310 e. The fourth-order valence-corrected chi connectivity index (χ4v) is 3.02. The average molecular weight is 239 g/mol. The van der Waals surface area contributed by atoms with Crippen LogP contribution in [0.5, 0.6) is 0 Å². The molecular weight excluding hydrogens is 222 g/mol. The van der Waals surface area contributed by atoms with E-state index in [2.05, 4.69) is 11.4 Å². The van der Waals surface area contributed by atoms with Gasteiger partial charge in [-0.2, -0.15) is 0 Å². The molecule has 0 aliphatic carbocycles. The van der Waals surface area contributed by atoms with Crippen molar-refractivity contribution < 1.29 is 9.53 Å². The van der Waals surface area contributed by atoms with Crippen LogP contribution < -0.4 is 5.32 Å². The summed E-state index contributed by atoms with van der Waals surface area (Å²) in [5, 5.41) is 5.47. The monoisotopic (exact) mass is 239 g/mol. The Morgan fingerprint density at radius 3 is 3.25 bits per heavy atom. The molecule has 0 bridgehead atoms. The summed E-state index contributed by atoms with van der Waals surface area (Å²) in [4.78, 5) is 13.1. The Balaban J connectivity index is 2.11. The zero-order chi connectivity index (χ0) is 11.4. The average Bonchev–Trinajstić information content (AvgIpc) is 2.83. The lowest BCUT2D eigenvalue weighted by atomic mass is 9.90. The highest BCUT2D eigenvalue weighted by molar-refractivity contribution is 7.10. The standard InChI is InChI=1S/C12H17NO2S/c1-2-15-12(14)9-5-3-7-13-11(9)10-6-4-8-16-10/h4,6,8-9,11,13H,2-3,5,7H2,1H3. The minimum Gasteiger partial charge on any atom is -0.466 e. The predicted molar refractivity (Wildman–Crippen MR) is 64.4 cm³/mol. The number of hydrogen-bond acceptors (Lipinski definition) is 4. The predicted octanol–water partition coefficient (Wildman–Crippen LogP) is 2.35. The van der Waals surface area contributed by atoms with Gasteiger partial charge in [0.15, 0.2) is 0 Å². The number of carbonyl (C=O) groups is 1. The normalized spacial score (nSPS) is 25.3. The summed E-state index contributed by atoms with van der Waals surface area (Å²) in [6.07, 6.45) is 1.97. The molecule has 2 atom stereocenters. The molecule has 2 unspecified atom stereocenters. The third-order valence-electron chi connectivity index (χ3n) is 2.90. The molecule has 0 amide bonds. The summed E-state index contributed by atoms with van der Waals surface area (Å²) in [5.74, 6) is -0.0829.